The Morgan fingerprint density at radius 1 is 0.719 bits per heavy atom. The van der Waals surface area contributed by atoms with Gasteiger partial charge >= 0.3 is 0 Å². The number of nitrogens with one attached hydrogen (secondary N) is 2. The van der Waals surface area contributed by atoms with E-state index in [0.29, 0.717) is 13.0 Å². The van der Waals surface area contributed by atoms with Gasteiger partial charge in [-0.15, -0.1) is 0 Å². The molecule has 3 N–H and O–H groups in total. The quantitative estimate of drug-likeness (QED) is 0.0886. The average molecular weight is 874 g/mol. The molecule has 0 spiro atoms. The van der Waals surface area contributed by atoms with Crippen LogP contribution in [0.25, 0.3) is 21.9 Å². The number of aryl methyl sites for hydroxylation is 1. The summed E-state index contributed by atoms with van der Waals surface area (Å²) in [6.07, 6.45) is -0.0642. The summed E-state index contributed by atoms with van der Waals surface area (Å²) < 4.78 is 42.9. The maximum Gasteiger partial charge on any atom is 0.241 e. The molecule has 8 rings (SSSR count). The molecule has 0 bridgehead atoms. The lowest BCUT2D eigenvalue weighted by atomic mass is 9.98. The van der Waals surface area contributed by atoms with Crippen molar-refractivity contribution in [2.75, 3.05) is 13.6 Å². The van der Waals surface area contributed by atoms with E-state index in [0.717, 1.165) is 44.5 Å². The van der Waals surface area contributed by atoms with Crippen molar-refractivity contribution in [2.24, 2.45) is 0 Å². The first kappa shape index (κ1) is 44.6. The van der Waals surface area contributed by atoms with Crippen LogP contribution in [0, 0.1) is 6.92 Å². The van der Waals surface area contributed by atoms with Gasteiger partial charge in [0.05, 0.1) is 23.7 Å². The Morgan fingerprint density at radius 3 is 2.14 bits per heavy atom. The Hall–Kier alpha value is -5.98. The standard InChI is InChI=1S/C54H55N3O6S/c1-37-16-28-50(29-17-37)64(60,61)56-51(31-39-10-5-4-6-11-39)53(59)55-34-41-12-9-15-47(30-41)43-22-25-45(26-23-43)54-62-49(33-52(63-54)44-20-18-40(36-58)19-21-44)35-57(3)38(2)46-27-24-42-13-7-8-14-48(42)32-46/h4-30,32,38,49,51-52,54,56,58H,31,33-36H2,1-3H3,(H,55,59)/t38-,49-,51-,52+,54+/m1/s1. The SMILES string of the molecule is Cc1ccc(S(=O)(=O)N[C@H](Cc2ccccc2)C(=O)NCc2cccc(-c3ccc([C@H]4O[C@@H](CN(C)[C@H](C)c5ccc6ccccc6c5)C[C@@H](c5ccc(CO)cc5)O4)cc3)c2)cc1. The van der Waals surface area contributed by atoms with E-state index in [1.165, 1.54) is 16.3 Å². The highest BCUT2D eigenvalue weighted by Crippen LogP contribution is 2.39. The number of aliphatic hydroxyl groups excluding tert-OH is 1. The Morgan fingerprint density at radius 2 is 1.41 bits per heavy atom. The van der Waals surface area contributed by atoms with Crippen LogP contribution in [0.5, 0.6) is 0 Å². The van der Waals surface area contributed by atoms with E-state index >= 15 is 0 Å². The number of rotatable bonds is 16. The fraction of sp³-hybridized carbons (Fsp3) is 0.241. The van der Waals surface area contributed by atoms with Crippen LogP contribution in [-0.4, -0.2) is 50.1 Å². The first-order chi connectivity index (χ1) is 31.0. The minimum Gasteiger partial charge on any atom is -0.392 e. The van der Waals surface area contributed by atoms with Gasteiger partial charge in [0.2, 0.25) is 15.9 Å². The number of likely N-dealkylation sites (N-methyl/N-ethyl adjacent to an activating group) is 1. The van der Waals surface area contributed by atoms with E-state index in [1.54, 1.807) is 24.3 Å². The Bertz CT molecular complexity index is 2760. The summed E-state index contributed by atoms with van der Waals surface area (Å²) in [6.45, 7) is 5.01. The van der Waals surface area contributed by atoms with Crippen LogP contribution in [0.15, 0.2) is 175 Å². The Balaban J connectivity index is 0.956. The monoisotopic (exact) mass is 873 g/mol. The van der Waals surface area contributed by atoms with Gasteiger partial charge in [0.15, 0.2) is 6.29 Å². The predicted molar refractivity (Wildman–Crippen MR) is 253 cm³/mol. The lowest BCUT2D eigenvalue weighted by Gasteiger charge is -2.39. The van der Waals surface area contributed by atoms with Crippen LogP contribution >= 0.6 is 0 Å². The minimum atomic E-state index is -3.97. The molecule has 0 unspecified atom stereocenters. The van der Waals surface area contributed by atoms with Gasteiger partial charge in [-0.05, 0) is 101 Å². The summed E-state index contributed by atoms with van der Waals surface area (Å²) >= 11 is 0. The number of fused-ring (bicyclic) bond motifs is 1. The third-order valence-corrected chi connectivity index (χ3v) is 13.6. The fourth-order valence-electron chi connectivity index (χ4n) is 8.25. The molecule has 9 nitrogen and oxygen atoms in total. The van der Waals surface area contributed by atoms with Crippen LogP contribution < -0.4 is 10.0 Å². The highest BCUT2D eigenvalue weighted by Gasteiger charge is 2.34. The second-order valence-electron chi connectivity index (χ2n) is 16.8. The van der Waals surface area contributed by atoms with Gasteiger partial charge < -0.3 is 19.9 Å². The summed E-state index contributed by atoms with van der Waals surface area (Å²) in [4.78, 5) is 16.2. The van der Waals surface area contributed by atoms with Crippen molar-refractivity contribution < 1.29 is 27.8 Å². The maximum absolute atomic E-state index is 13.7. The number of amides is 1. The molecule has 1 heterocycles. The van der Waals surface area contributed by atoms with Crippen LogP contribution in [0.4, 0.5) is 0 Å². The maximum atomic E-state index is 13.7. The van der Waals surface area contributed by atoms with Crippen LogP contribution in [-0.2, 0) is 43.9 Å². The third kappa shape index (κ3) is 11.0. The first-order valence-electron chi connectivity index (χ1n) is 21.8. The third-order valence-electron chi connectivity index (χ3n) is 12.2. The number of nitrogens with zero attached hydrogens (tertiary/aromatic N) is 1. The number of carbonyl (C=O) groups is 1. The molecule has 1 saturated heterocycles. The molecule has 0 radical (unpaired) electrons. The molecular weight excluding hydrogens is 819 g/mol. The van der Waals surface area contributed by atoms with Crippen LogP contribution in [0.2, 0.25) is 0 Å². The lowest BCUT2D eigenvalue weighted by molar-refractivity contribution is -0.253. The zero-order valence-corrected chi connectivity index (χ0v) is 37.2. The Labute approximate surface area is 376 Å². The summed E-state index contributed by atoms with van der Waals surface area (Å²) in [5, 5.41) is 15.1. The number of hydrogen-bond acceptors (Lipinski definition) is 7. The molecule has 64 heavy (non-hydrogen) atoms. The van der Waals surface area contributed by atoms with Gasteiger partial charge in [-0.1, -0.05) is 151 Å². The molecule has 10 heteroatoms. The van der Waals surface area contributed by atoms with Crippen molar-refractivity contribution in [3.63, 3.8) is 0 Å². The number of hydrogen-bond donors (Lipinski definition) is 3. The van der Waals surface area contributed by atoms with Crippen molar-refractivity contribution >= 4 is 26.7 Å². The molecule has 0 aromatic heterocycles. The van der Waals surface area contributed by atoms with Crippen molar-refractivity contribution in [3.05, 3.63) is 209 Å². The number of aliphatic hydroxyl groups is 1. The molecule has 7 aromatic rings. The molecule has 328 valence electrons. The summed E-state index contributed by atoms with van der Waals surface area (Å²) in [6, 6.07) is 54.2. The zero-order chi connectivity index (χ0) is 44.6. The molecule has 0 saturated carbocycles. The summed E-state index contributed by atoms with van der Waals surface area (Å²) in [5.74, 6) is -0.419. The summed E-state index contributed by atoms with van der Waals surface area (Å²) in [5.41, 5.74) is 8.63. The van der Waals surface area contributed by atoms with E-state index < -0.39 is 28.3 Å². The van der Waals surface area contributed by atoms with Crippen LogP contribution in [0.1, 0.15) is 70.7 Å². The molecular formula is C54H55N3O6S. The van der Waals surface area contributed by atoms with Gasteiger partial charge in [-0.3, -0.25) is 9.69 Å². The second kappa shape index (κ2) is 20.2. The molecule has 7 aromatic carbocycles. The summed E-state index contributed by atoms with van der Waals surface area (Å²) in [7, 11) is -1.82. The van der Waals surface area contributed by atoms with Gasteiger partial charge in [0.1, 0.15) is 6.04 Å². The number of benzene rings is 7. The minimum absolute atomic E-state index is 0.0182. The average Bonchev–Trinajstić information content (AvgIpc) is 3.33. The molecule has 1 fully saturated rings. The highest BCUT2D eigenvalue weighted by atomic mass is 32.2. The topological polar surface area (TPSA) is 117 Å². The van der Waals surface area contributed by atoms with E-state index in [1.807, 2.05) is 97.9 Å². The number of carbonyl (C=O) groups excluding carboxylic acids is 1. The van der Waals surface area contributed by atoms with Gasteiger partial charge in [0, 0.05) is 31.1 Å². The second-order valence-corrected chi connectivity index (χ2v) is 18.5. The smallest absolute Gasteiger partial charge is 0.241 e. The molecule has 1 aliphatic heterocycles. The van der Waals surface area contributed by atoms with E-state index in [2.05, 4.69) is 83.5 Å². The fourth-order valence-corrected chi connectivity index (χ4v) is 9.45. The van der Waals surface area contributed by atoms with Crippen molar-refractivity contribution in [1.29, 1.82) is 0 Å². The predicted octanol–water partition coefficient (Wildman–Crippen LogP) is 9.75. The number of sulfonamides is 1. The van der Waals surface area contributed by atoms with E-state index in [9.17, 15) is 18.3 Å². The normalized spacial score (nSPS) is 17.5. The molecule has 5 atom stereocenters. The largest absolute Gasteiger partial charge is 0.392 e. The molecule has 1 aliphatic rings. The first-order valence-corrected chi connectivity index (χ1v) is 23.3. The molecule has 1 amide bonds. The van der Waals surface area contributed by atoms with Crippen molar-refractivity contribution in [1.82, 2.24) is 14.9 Å². The van der Waals surface area contributed by atoms with Crippen LogP contribution in [0.3, 0.4) is 0 Å². The Kier molecular flexibility index (Phi) is 14.1. The highest BCUT2D eigenvalue weighted by molar-refractivity contribution is 7.89. The van der Waals surface area contributed by atoms with E-state index in [4.69, 9.17) is 9.47 Å². The van der Waals surface area contributed by atoms with E-state index in [-0.39, 0.29) is 42.7 Å². The molecule has 0 aliphatic carbocycles. The van der Waals surface area contributed by atoms with Gasteiger partial charge in [-0.25, -0.2) is 8.42 Å². The zero-order valence-electron chi connectivity index (χ0n) is 36.4. The van der Waals surface area contributed by atoms with Gasteiger partial charge in [-0.2, -0.15) is 4.72 Å². The lowest BCUT2D eigenvalue weighted by Crippen LogP contribution is -2.47. The number of ether oxygens (including phenoxy) is 2. The van der Waals surface area contributed by atoms with Crippen molar-refractivity contribution in [2.45, 2.75) is 75.3 Å². The van der Waals surface area contributed by atoms with Crippen molar-refractivity contribution in [3.8, 4) is 11.1 Å². The van der Waals surface area contributed by atoms with Gasteiger partial charge in [0.25, 0.3) is 0 Å².